The zero-order chi connectivity index (χ0) is 22.3. The van der Waals surface area contributed by atoms with E-state index in [4.69, 9.17) is 5.73 Å². The highest BCUT2D eigenvalue weighted by atomic mass is 19.1. The number of nitrogen functional groups attached to an aromatic ring is 1. The van der Waals surface area contributed by atoms with E-state index < -0.39 is 17.1 Å². The number of anilines is 3. The predicted octanol–water partition coefficient (Wildman–Crippen LogP) is 2.55. The van der Waals surface area contributed by atoms with Gasteiger partial charge in [0.15, 0.2) is 0 Å². The Bertz CT molecular complexity index is 983. The Hall–Kier alpha value is -3.10. The molecule has 0 saturated heterocycles. The first-order valence-corrected chi connectivity index (χ1v) is 10.2. The van der Waals surface area contributed by atoms with Crippen molar-refractivity contribution in [2.75, 3.05) is 29.0 Å². The maximum Gasteiger partial charge on any atom is 0.330 e. The average molecular weight is 420 g/mol. The van der Waals surface area contributed by atoms with Crippen LogP contribution in [0.2, 0.25) is 0 Å². The number of unbranched alkanes of at least 4 members (excludes halogenated alkanes) is 1. The normalized spacial score (nSPS) is 11.0. The van der Waals surface area contributed by atoms with E-state index in [0.717, 1.165) is 12.8 Å². The molecule has 4 N–H and O–H groups in total. The molecule has 1 aromatic heterocycles. The average Bonchev–Trinajstić information content (AvgIpc) is 2.67. The summed E-state index contributed by atoms with van der Waals surface area (Å²) in [4.78, 5) is 41.1. The first-order valence-electron chi connectivity index (χ1n) is 10.2. The molecule has 0 aliphatic rings. The third-order valence-corrected chi connectivity index (χ3v) is 4.61. The van der Waals surface area contributed by atoms with E-state index in [2.05, 4.69) is 10.3 Å². The van der Waals surface area contributed by atoms with Gasteiger partial charge < -0.3 is 16.0 Å². The van der Waals surface area contributed by atoms with Crippen molar-refractivity contribution in [3.8, 4) is 0 Å². The monoisotopic (exact) mass is 419 g/mol. The third kappa shape index (κ3) is 5.95. The van der Waals surface area contributed by atoms with Crippen molar-refractivity contribution in [3.63, 3.8) is 0 Å². The van der Waals surface area contributed by atoms with Crippen molar-refractivity contribution in [2.24, 2.45) is 5.92 Å². The molecule has 0 spiro atoms. The van der Waals surface area contributed by atoms with Crippen molar-refractivity contribution in [1.29, 1.82) is 0 Å². The van der Waals surface area contributed by atoms with Crippen LogP contribution in [0.5, 0.6) is 0 Å². The molecule has 30 heavy (non-hydrogen) atoms. The van der Waals surface area contributed by atoms with Crippen molar-refractivity contribution in [3.05, 3.63) is 50.9 Å². The number of carbonyl (C=O) groups is 1. The fourth-order valence-electron chi connectivity index (χ4n) is 3.17. The topological polar surface area (TPSA) is 113 Å². The highest BCUT2D eigenvalue weighted by molar-refractivity contribution is 5.91. The molecule has 0 saturated carbocycles. The number of carbonyl (C=O) groups excluding carboxylic acids is 1. The number of H-pyrrole nitrogens is 1. The molecule has 9 heteroatoms. The molecule has 0 radical (unpaired) electrons. The number of benzene rings is 1. The Morgan fingerprint density at radius 1 is 1.30 bits per heavy atom. The summed E-state index contributed by atoms with van der Waals surface area (Å²) in [7, 11) is 0. The van der Waals surface area contributed by atoms with Crippen LogP contribution in [-0.4, -0.2) is 28.5 Å². The molecule has 2 aromatic rings. The number of rotatable bonds is 10. The summed E-state index contributed by atoms with van der Waals surface area (Å²) >= 11 is 0. The zero-order valence-electron chi connectivity index (χ0n) is 17.7. The van der Waals surface area contributed by atoms with Gasteiger partial charge in [-0.25, -0.2) is 9.18 Å². The third-order valence-electron chi connectivity index (χ3n) is 4.61. The molecule has 0 fully saturated rings. The minimum absolute atomic E-state index is 0.0218. The van der Waals surface area contributed by atoms with E-state index in [1.54, 1.807) is 11.0 Å². The van der Waals surface area contributed by atoms with E-state index in [1.165, 1.54) is 22.8 Å². The maximum atomic E-state index is 13.8. The molecule has 0 unspecified atom stereocenters. The van der Waals surface area contributed by atoms with Crippen LogP contribution in [0.15, 0.2) is 33.9 Å². The second-order valence-corrected chi connectivity index (χ2v) is 7.62. The first-order chi connectivity index (χ1) is 14.2. The number of nitrogens with one attached hydrogen (secondary N) is 2. The molecule has 1 amide bonds. The molecule has 0 aliphatic carbocycles. The Balaban J connectivity index is 2.25. The number of para-hydroxylation sites is 1. The fraction of sp³-hybridized carbons (Fsp3) is 0.476. The van der Waals surface area contributed by atoms with Gasteiger partial charge in [0.2, 0.25) is 5.91 Å². The van der Waals surface area contributed by atoms with Crippen LogP contribution in [0.3, 0.4) is 0 Å². The Labute approximate surface area is 174 Å². The number of amides is 1. The molecule has 0 atom stereocenters. The predicted molar refractivity (Wildman–Crippen MR) is 117 cm³/mol. The molecular formula is C21H30FN5O3. The second kappa shape index (κ2) is 10.6. The number of nitrogens with zero attached hydrogens (tertiary/aromatic N) is 2. The van der Waals surface area contributed by atoms with Gasteiger partial charge in [-0.1, -0.05) is 39.3 Å². The smallest absolute Gasteiger partial charge is 0.330 e. The number of halogens is 1. The lowest BCUT2D eigenvalue weighted by molar-refractivity contribution is -0.116. The SMILES string of the molecule is CCCCn1c(N)c(N(CCC(=O)Nc2ccccc2F)CC(C)C)c(=O)[nH]c1=O. The van der Waals surface area contributed by atoms with Crippen LogP contribution >= 0.6 is 0 Å². The van der Waals surface area contributed by atoms with Gasteiger partial charge >= 0.3 is 5.69 Å². The van der Waals surface area contributed by atoms with Gasteiger partial charge in [0, 0.05) is 26.1 Å². The van der Waals surface area contributed by atoms with E-state index in [9.17, 15) is 18.8 Å². The lowest BCUT2D eigenvalue weighted by Gasteiger charge is -2.27. The number of aromatic amines is 1. The van der Waals surface area contributed by atoms with Gasteiger partial charge in [-0.05, 0) is 24.5 Å². The second-order valence-electron chi connectivity index (χ2n) is 7.62. The van der Waals surface area contributed by atoms with Crippen LogP contribution in [0.4, 0.5) is 21.6 Å². The molecule has 164 valence electrons. The number of aromatic nitrogens is 2. The maximum absolute atomic E-state index is 13.8. The van der Waals surface area contributed by atoms with Crippen LogP contribution < -0.4 is 27.2 Å². The summed E-state index contributed by atoms with van der Waals surface area (Å²) in [6.45, 7) is 7.00. The van der Waals surface area contributed by atoms with Crippen molar-refractivity contribution < 1.29 is 9.18 Å². The number of hydrogen-bond donors (Lipinski definition) is 3. The standard InChI is InChI=1S/C21H30FN5O3/c1-4-5-11-27-19(23)18(20(29)25-21(27)30)26(13-14(2)3)12-10-17(28)24-16-9-7-6-8-15(16)22/h6-9,14H,4-5,10-13,23H2,1-3H3,(H,24,28)(H,25,29,30). The highest BCUT2D eigenvalue weighted by Gasteiger charge is 2.20. The lowest BCUT2D eigenvalue weighted by atomic mass is 10.2. The van der Waals surface area contributed by atoms with Gasteiger partial charge in [0.1, 0.15) is 17.3 Å². The van der Waals surface area contributed by atoms with Crippen molar-refractivity contribution in [2.45, 2.75) is 46.6 Å². The minimum atomic E-state index is -0.583. The van der Waals surface area contributed by atoms with Crippen molar-refractivity contribution >= 4 is 23.1 Å². The summed E-state index contributed by atoms with van der Waals surface area (Å²) in [5, 5.41) is 2.53. The van der Waals surface area contributed by atoms with Crippen molar-refractivity contribution in [1.82, 2.24) is 9.55 Å². The van der Waals surface area contributed by atoms with Crippen LogP contribution in [0.25, 0.3) is 0 Å². The molecule has 2 rings (SSSR count). The number of hydrogen-bond acceptors (Lipinski definition) is 5. The Morgan fingerprint density at radius 3 is 2.63 bits per heavy atom. The largest absolute Gasteiger partial charge is 0.383 e. The van der Waals surface area contributed by atoms with Crippen LogP contribution in [0, 0.1) is 11.7 Å². The first kappa shape index (κ1) is 23.2. The Morgan fingerprint density at radius 2 is 2.00 bits per heavy atom. The summed E-state index contributed by atoms with van der Waals surface area (Å²) < 4.78 is 15.1. The number of nitrogens with two attached hydrogens (primary N) is 1. The summed E-state index contributed by atoms with van der Waals surface area (Å²) in [6, 6.07) is 5.91. The summed E-state index contributed by atoms with van der Waals surface area (Å²) in [6.07, 6.45) is 1.63. The van der Waals surface area contributed by atoms with E-state index in [-0.39, 0.29) is 42.0 Å². The van der Waals surface area contributed by atoms with Gasteiger partial charge in [0.25, 0.3) is 5.56 Å². The van der Waals surface area contributed by atoms with E-state index in [0.29, 0.717) is 13.1 Å². The molecule has 1 aromatic carbocycles. The van der Waals surface area contributed by atoms with Gasteiger partial charge in [-0.2, -0.15) is 0 Å². The molecule has 1 heterocycles. The minimum Gasteiger partial charge on any atom is -0.383 e. The lowest BCUT2D eigenvalue weighted by Crippen LogP contribution is -2.40. The van der Waals surface area contributed by atoms with Gasteiger partial charge in [-0.3, -0.25) is 19.1 Å². The fourth-order valence-corrected chi connectivity index (χ4v) is 3.17. The highest BCUT2D eigenvalue weighted by Crippen LogP contribution is 2.19. The molecule has 8 nitrogen and oxygen atoms in total. The van der Waals surface area contributed by atoms with Gasteiger partial charge in [0.05, 0.1) is 5.69 Å². The molecule has 0 bridgehead atoms. The zero-order valence-corrected chi connectivity index (χ0v) is 17.7. The quantitative estimate of drug-likeness (QED) is 0.548. The summed E-state index contributed by atoms with van der Waals surface area (Å²) in [5.41, 5.74) is 5.35. The van der Waals surface area contributed by atoms with Gasteiger partial charge in [-0.15, -0.1) is 0 Å². The van der Waals surface area contributed by atoms with E-state index in [1.807, 2.05) is 20.8 Å². The van der Waals surface area contributed by atoms with E-state index >= 15 is 0 Å². The van der Waals surface area contributed by atoms with Crippen LogP contribution in [0.1, 0.15) is 40.0 Å². The molecule has 0 aliphatic heterocycles. The molecular weight excluding hydrogens is 389 g/mol. The van der Waals surface area contributed by atoms with Crippen LogP contribution in [-0.2, 0) is 11.3 Å². The summed E-state index contributed by atoms with van der Waals surface area (Å²) in [5.74, 6) is -0.640. The Kier molecular flexibility index (Phi) is 8.20.